The number of aromatic amines is 1. The van der Waals surface area contributed by atoms with Gasteiger partial charge in [0.1, 0.15) is 11.9 Å². The molecule has 2 atom stereocenters. The molecule has 1 aromatic carbocycles. The van der Waals surface area contributed by atoms with Crippen molar-refractivity contribution in [2.45, 2.75) is 45.3 Å². The lowest BCUT2D eigenvalue weighted by molar-refractivity contribution is 0.0938. The number of nitrogens with zero attached hydrogens (tertiary/aromatic N) is 2. The van der Waals surface area contributed by atoms with E-state index in [0.29, 0.717) is 17.2 Å². The molecule has 0 fully saturated rings. The van der Waals surface area contributed by atoms with Crippen LogP contribution in [0.5, 0.6) is 0 Å². The number of carbonyl (C=O) groups excluding carboxylic acids is 1. The van der Waals surface area contributed by atoms with Crippen molar-refractivity contribution in [3.05, 3.63) is 53.1 Å². The summed E-state index contributed by atoms with van der Waals surface area (Å²) in [5.74, 6) is 0.678. The molecular formula is C18H22N4O2. The number of aromatic nitrogens is 3. The Labute approximate surface area is 141 Å². The predicted molar refractivity (Wildman–Crippen MR) is 91.2 cm³/mol. The Hall–Kier alpha value is -2.47. The fraction of sp³-hybridized carbons (Fsp3) is 0.389. The van der Waals surface area contributed by atoms with E-state index in [-0.39, 0.29) is 11.9 Å². The quantitative estimate of drug-likeness (QED) is 0.788. The lowest BCUT2D eigenvalue weighted by Gasteiger charge is -2.11. The van der Waals surface area contributed by atoms with Crippen LogP contribution >= 0.6 is 0 Å². The maximum absolute atomic E-state index is 12.4. The van der Waals surface area contributed by atoms with Crippen molar-refractivity contribution in [2.24, 2.45) is 0 Å². The van der Waals surface area contributed by atoms with Crippen molar-refractivity contribution in [1.29, 1.82) is 0 Å². The van der Waals surface area contributed by atoms with Crippen molar-refractivity contribution in [1.82, 2.24) is 20.5 Å². The molecule has 1 aliphatic carbocycles. The minimum absolute atomic E-state index is 0.163. The highest BCUT2D eigenvalue weighted by molar-refractivity contribution is 5.94. The Morgan fingerprint density at radius 3 is 2.62 bits per heavy atom. The first-order valence-electron chi connectivity index (χ1n) is 8.25. The number of hydrogen-bond donors (Lipinski definition) is 3. The average molecular weight is 326 g/mol. The Balaban J connectivity index is 1.65. The Morgan fingerprint density at radius 1 is 1.29 bits per heavy atom. The van der Waals surface area contributed by atoms with E-state index < -0.39 is 6.10 Å². The largest absolute Gasteiger partial charge is 0.385 e. The monoisotopic (exact) mass is 326 g/mol. The standard InChI is InChI=1S/C18H22N4O2/c1-11(16-20-17(12(2)23)22-21-16)19-18(24)15-9-7-14(8-10-15)13-5-3-4-6-13/h5,7-12,23H,3-4,6H2,1-2H3,(H,19,24)(H,20,21,22). The highest BCUT2D eigenvalue weighted by atomic mass is 16.3. The number of aliphatic hydroxyl groups excluding tert-OH is 1. The molecule has 0 aliphatic heterocycles. The van der Waals surface area contributed by atoms with Crippen molar-refractivity contribution < 1.29 is 9.90 Å². The van der Waals surface area contributed by atoms with Gasteiger partial charge in [-0.25, -0.2) is 4.98 Å². The smallest absolute Gasteiger partial charge is 0.251 e. The summed E-state index contributed by atoms with van der Waals surface area (Å²) in [5.41, 5.74) is 3.16. The summed E-state index contributed by atoms with van der Waals surface area (Å²) < 4.78 is 0. The van der Waals surface area contributed by atoms with Crippen molar-refractivity contribution in [3.8, 4) is 0 Å². The van der Waals surface area contributed by atoms with Crippen LogP contribution in [-0.4, -0.2) is 26.2 Å². The summed E-state index contributed by atoms with van der Waals surface area (Å²) in [5, 5.41) is 19.0. The third-order valence-electron chi connectivity index (χ3n) is 4.21. The van der Waals surface area contributed by atoms with Gasteiger partial charge in [0.2, 0.25) is 0 Å². The number of benzene rings is 1. The maximum atomic E-state index is 12.4. The van der Waals surface area contributed by atoms with Gasteiger partial charge in [0.05, 0.1) is 6.04 Å². The number of hydrogen-bond acceptors (Lipinski definition) is 4. The molecule has 1 amide bonds. The Morgan fingerprint density at radius 2 is 2.04 bits per heavy atom. The van der Waals surface area contributed by atoms with Crippen LogP contribution in [0.2, 0.25) is 0 Å². The summed E-state index contributed by atoms with van der Waals surface area (Å²) in [6, 6.07) is 7.36. The van der Waals surface area contributed by atoms with Crippen LogP contribution in [0.4, 0.5) is 0 Å². The van der Waals surface area contributed by atoms with Gasteiger partial charge in [0, 0.05) is 5.56 Å². The number of H-pyrrole nitrogens is 1. The van der Waals surface area contributed by atoms with E-state index in [1.54, 1.807) is 6.92 Å². The highest BCUT2D eigenvalue weighted by Crippen LogP contribution is 2.27. The molecule has 2 unspecified atom stereocenters. The average Bonchev–Trinajstić information content (AvgIpc) is 3.26. The summed E-state index contributed by atoms with van der Waals surface area (Å²) in [4.78, 5) is 16.5. The topological polar surface area (TPSA) is 90.9 Å². The van der Waals surface area contributed by atoms with Crippen LogP contribution in [0.15, 0.2) is 30.3 Å². The number of nitrogens with one attached hydrogen (secondary N) is 2. The molecule has 24 heavy (non-hydrogen) atoms. The van der Waals surface area contributed by atoms with Crippen LogP contribution in [0.1, 0.15) is 72.8 Å². The second-order valence-corrected chi connectivity index (χ2v) is 6.15. The zero-order valence-electron chi connectivity index (χ0n) is 13.9. The van der Waals surface area contributed by atoms with Crippen LogP contribution in [0, 0.1) is 0 Å². The summed E-state index contributed by atoms with van der Waals surface area (Å²) >= 11 is 0. The van der Waals surface area contributed by atoms with Gasteiger partial charge < -0.3 is 10.4 Å². The fourth-order valence-electron chi connectivity index (χ4n) is 2.79. The number of allylic oxidation sites excluding steroid dienone is 2. The van der Waals surface area contributed by atoms with Crippen LogP contribution < -0.4 is 5.32 Å². The normalized spacial score (nSPS) is 16.5. The van der Waals surface area contributed by atoms with Gasteiger partial charge in [0.25, 0.3) is 5.91 Å². The molecule has 2 aromatic rings. The lowest BCUT2D eigenvalue weighted by Crippen LogP contribution is -2.27. The summed E-state index contributed by atoms with van der Waals surface area (Å²) in [6.07, 6.45) is 4.98. The van der Waals surface area contributed by atoms with Gasteiger partial charge in [-0.15, -0.1) is 0 Å². The first-order chi connectivity index (χ1) is 11.5. The molecule has 0 spiro atoms. The molecule has 0 saturated heterocycles. The van der Waals surface area contributed by atoms with E-state index in [1.807, 2.05) is 31.2 Å². The van der Waals surface area contributed by atoms with E-state index >= 15 is 0 Å². The van der Waals surface area contributed by atoms with Crippen molar-refractivity contribution in [2.75, 3.05) is 0 Å². The first kappa shape index (κ1) is 16.4. The number of amides is 1. The molecule has 3 N–H and O–H groups in total. The summed E-state index contributed by atoms with van der Waals surface area (Å²) in [7, 11) is 0. The molecular weight excluding hydrogens is 304 g/mol. The number of carbonyl (C=O) groups is 1. The van der Waals surface area contributed by atoms with Crippen molar-refractivity contribution >= 4 is 11.5 Å². The number of aliphatic hydroxyl groups is 1. The van der Waals surface area contributed by atoms with Gasteiger partial charge in [0.15, 0.2) is 5.82 Å². The van der Waals surface area contributed by atoms with E-state index in [9.17, 15) is 9.90 Å². The van der Waals surface area contributed by atoms with Crippen LogP contribution in [0.25, 0.3) is 5.57 Å². The molecule has 1 heterocycles. The van der Waals surface area contributed by atoms with E-state index in [1.165, 1.54) is 17.6 Å². The summed E-state index contributed by atoms with van der Waals surface area (Å²) in [6.45, 7) is 3.42. The first-order valence-corrected chi connectivity index (χ1v) is 8.25. The van der Waals surface area contributed by atoms with Gasteiger partial charge in [-0.05, 0) is 56.4 Å². The van der Waals surface area contributed by atoms with E-state index in [2.05, 4.69) is 26.6 Å². The molecule has 1 aromatic heterocycles. The van der Waals surface area contributed by atoms with Gasteiger partial charge in [-0.1, -0.05) is 18.2 Å². The fourth-order valence-corrected chi connectivity index (χ4v) is 2.79. The molecule has 0 radical (unpaired) electrons. The van der Waals surface area contributed by atoms with E-state index in [0.717, 1.165) is 12.8 Å². The van der Waals surface area contributed by atoms with Gasteiger partial charge >= 0.3 is 0 Å². The number of rotatable bonds is 5. The lowest BCUT2D eigenvalue weighted by atomic mass is 10.0. The second kappa shape index (κ2) is 6.97. The molecule has 3 rings (SSSR count). The molecule has 1 aliphatic rings. The van der Waals surface area contributed by atoms with Crippen molar-refractivity contribution in [3.63, 3.8) is 0 Å². The third-order valence-corrected chi connectivity index (χ3v) is 4.21. The second-order valence-electron chi connectivity index (χ2n) is 6.15. The third kappa shape index (κ3) is 3.54. The Kier molecular flexibility index (Phi) is 4.76. The minimum atomic E-state index is -0.740. The molecule has 6 heteroatoms. The Bertz CT molecular complexity index is 747. The maximum Gasteiger partial charge on any atom is 0.251 e. The van der Waals surface area contributed by atoms with E-state index in [4.69, 9.17) is 0 Å². The molecule has 0 bridgehead atoms. The van der Waals surface area contributed by atoms with Gasteiger partial charge in [-0.3, -0.25) is 9.89 Å². The van der Waals surface area contributed by atoms with Crippen LogP contribution in [-0.2, 0) is 0 Å². The van der Waals surface area contributed by atoms with Gasteiger partial charge in [-0.2, -0.15) is 5.10 Å². The zero-order valence-corrected chi connectivity index (χ0v) is 13.9. The highest BCUT2D eigenvalue weighted by Gasteiger charge is 2.17. The SMILES string of the molecule is CC(O)c1n[nH]c(C(C)NC(=O)c2ccc(C3=CCCC3)cc2)n1. The van der Waals surface area contributed by atoms with Crippen LogP contribution in [0.3, 0.4) is 0 Å². The predicted octanol–water partition coefficient (Wildman–Crippen LogP) is 2.92. The minimum Gasteiger partial charge on any atom is -0.385 e. The zero-order chi connectivity index (χ0) is 17.1. The molecule has 0 saturated carbocycles. The molecule has 6 nitrogen and oxygen atoms in total. The molecule has 126 valence electrons.